The van der Waals surface area contributed by atoms with Crippen LogP contribution in [-0.2, 0) is 7.05 Å². The van der Waals surface area contributed by atoms with E-state index in [0.29, 0.717) is 5.92 Å². The van der Waals surface area contributed by atoms with Gasteiger partial charge in [-0.1, -0.05) is 50.2 Å². The number of rotatable bonds is 1. The first-order valence-electron chi connectivity index (χ1n) is 10.1. The molecule has 0 spiro atoms. The van der Waals surface area contributed by atoms with Crippen LogP contribution in [0.1, 0.15) is 30.9 Å². The normalized spacial score (nSPS) is 12.6. The lowest BCUT2D eigenvalue weighted by Crippen LogP contribution is -2.28. The molecule has 0 fully saturated rings. The third-order valence-electron chi connectivity index (χ3n) is 6.45. The van der Waals surface area contributed by atoms with Crippen molar-refractivity contribution in [2.75, 3.05) is 0 Å². The van der Waals surface area contributed by atoms with Gasteiger partial charge in [-0.05, 0) is 41.5 Å². The Labute approximate surface area is 164 Å². The number of aryl methyl sites for hydroxylation is 2. The second-order valence-electron chi connectivity index (χ2n) is 8.44. The first-order chi connectivity index (χ1) is 13.6. The van der Waals surface area contributed by atoms with Gasteiger partial charge in [0.15, 0.2) is 6.20 Å². The van der Waals surface area contributed by atoms with Crippen molar-refractivity contribution in [3.63, 3.8) is 0 Å². The lowest BCUT2D eigenvalue weighted by atomic mass is 9.99. The van der Waals surface area contributed by atoms with Crippen LogP contribution in [-0.4, -0.2) is 4.40 Å². The molecule has 0 radical (unpaired) electrons. The van der Waals surface area contributed by atoms with Crippen molar-refractivity contribution in [2.24, 2.45) is 7.05 Å². The zero-order valence-corrected chi connectivity index (χ0v) is 16.7. The number of benzene rings is 3. The molecule has 3 heterocycles. The molecule has 2 heteroatoms. The summed E-state index contributed by atoms with van der Waals surface area (Å²) < 4.78 is 4.79. The molecule has 0 unspecified atom stereocenters. The zero-order valence-electron chi connectivity index (χ0n) is 16.7. The Morgan fingerprint density at radius 2 is 1.68 bits per heavy atom. The molecule has 0 atom stereocenters. The summed E-state index contributed by atoms with van der Waals surface area (Å²) in [6.07, 6.45) is 2.19. The van der Waals surface area contributed by atoms with Crippen molar-refractivity contribution in [3.05, 3.63) is 71.9 Å². The zero-order chi connectivity index (χ0) is 19.2. The van der Waals surface area contributed by atoms with E-state index in [4.69, 9.17) is 0 Å². The van der Waals surface area contributed by atoms with Crippen LogP contribution in [0, 0.1) is 6.92 Å². The van der Waals surface area contributed by atoms with Gasteiger partial charge in [0.25, 0.3) is 0 Å². The molecule has 2 nitrogen and oxygen atoms in total. The number of pyridine rings is 2. The Bertz CT molecular complexity index is 1550. The Hall–Kier alpha value is -3.13. The van der Waals surface area contributed by atoms with Gasteiger partial charge in [0.1, 0.15) is 7.05 Å². The Morgan fingerprint density at radius 1 is 0.857 bits per heavy atom. The molecule has 3 aromatic carbocycles. The molecular weight excluding hydrogens is 340 g/mol. The first kappa shape index (κ1) is 15.9. The minimum absolute atomic E-state index is 0.515. The van der Waals surface area contributed by atoms with Crippen LogP contribution < -0.4 is 4.57 Å². The molecule has 0 saturated carbocycles. The van der Waals surface area contributed by atoms with E-state index in [1.807, 2.05) is 0 Å². The van der Waals surface area contributed by atoms with E-state index >= 15 is 0 Å². The fraction of sp³-hybridized carbons (Fsp3) is 0.192. The van der Waals surface area contributed by atoms with Gasteiger partial charge in [-0.3, -0.25) is 0 Å². The third kappa shape index (κ3) is 1.80. The van der Waals surface area contributed by atoms with Gasteiger partial charge in [-0.2, -0.15) is 0 Å². The van der Waals surface area contributed by atoms with E-state index < -0.39 is 0 Å². The van der Waals surface area contributed by atoms with E-state index in [1.54, 1.807) is 0 Å². The van der Waals surface area contributed by atoms with Crippen LogP contribution in [0.5, 0.6) is 0 Å². The standard InChI is InChI=1S/C26H23N2/c1-15(2)18-9-11-19-20-10-8-16(3)23-25(20)28(22(19)14-18)21-7-5-6-17-12-13-27(4)26(23)24(17)21/h5-15H,1-4H3/q+1. The third-order valence-corrected chi connectivity index (χ3v) is 6.45. The topological polar surface area (TPSA) is 8.29 Å². The summed E-state index contributed by atoms with van der Waals surface area (Å²) in [5, 5.41) is 6.70. The fourth-order valence-electron chi connectivity index (χ4n) is 5.02. The minimum Gasteiger partial charge on any atom is -0.307 e. The molecule has 136 valence electrons. The number of hydrogen-bond donors (Lipinski definition) is 0. The molecule has 3 aromatic heterocycles. The molecule has 0 aliphatic carbocycles. The molecule has 0 aliphatic rings. The highest BCUT2D eigenvalue weighted by Gasteiger charge is 2.23. The molecule has 0 bridgehead atoms. The van der Waals surface area contributed by atoms with E-state index in [1.165, 1.54) is 60.1 Å². The highest BCUT2D eigenvalue weighted by atomic mass is 14.9. The van der Waals surface area contributed by atoms with Crippen molar-refractivity contribution >= 4 is 49.0 Å². The van der Waals surface area contributed by atoms with Gasteiger partial charge in [0.2, 0.25) is 5.52 Å². The molecule has 0 saturated heterocycles. The van der Waals surface area contributed by atoms with Gasteiger partial charge < -0.3 is 4.40 Å². The van der Waals surface area contributed by atoms with Gasteiger partial charge in [-0.25, -0.2) is 4.57 Å². The Morgan fingerprint density at radius 3 is 2.50 bits per heavy atom. The molecule has 6 aromatic rings. The predicted octanol–water partition coefficient (Wildman–Crippen LogP) is 6.25. The lowest BCUT2D eigenvalue weighted by molar-refractivity contribution is -0.643. The number of nitrogens with zero attached hydrogens (tertiary/aromatic N) is 2. The summed E-state index contributed by atoms with van der Waals surface area (Å²) in [6, 6.07) is 20.5. The van der Waals surface area contributed by atoms with Crippen molar-refractivity contribution in [1.82, 2.24) is 4.40 Å². The number of aromatic nitrogens is 2. The van der Waals surface area contributed by atoms with E-state index in [9.17, 15) is 0 Å². The van der Waals surface area contributed by atoms with Gasteiger partial charge in [0.05, 0.1) is 27.3 Å². The summed E-state index contributed by atoms with van der Waals surface area (Å²) in [6.45, 7) is 6.78. The van der Waals surface area contributed by atoms with Gasteiger partial charge in [-0.15, -0.1) is 0 Å². The Balaban J connectivity index is 2.06. The second-order valence-corrected chi connectivity index (χ2v) is 8.44. The van der Waals surface area contributed by atoms with E-state index in [2.05, 4.69) is 97.6 Å². The molecule has 0 aliphatic heterocycles. The van der Waals surface area contributed by atoms with Gasteiger partial charge in [0, 0.05) is 16.8 Å². The smallest absolute Gasteiger partial charge is 0.224 e. The summed E-state index contributed by atoms with van der Waals surface area (Å²) in [7, 11) is 2.17. The average molecular weight is 363 g/mol. The SMILES string of the molecule is Cc1ccc2c3ccc(C(C)C)cc3n3c4cccc5cc[n+](C)c(c1c23)c54. The minimum atomic E-state index is 0.515. The fourth-order valence-corrected chi connectivity index (χ4v) is 5.02. The maximum Gasteiger partial charge on any atom is 0.224 e. The van der Waals surface area contributed by atoms with Crippen molar-refractivity contribution in [1.29, 1.82) is 0 Å². The van der Waals surface area contributed by atoms with Crippen LogP contribution in [0.25, 0.3) is 49.0 Å². The average Bonchev–Trinajstić information content (AvgIpc) is 3.02. The maximum absolute atomic E-state index is 2.51. The van der Waals surface area contributed by atoms with Crippen LogP contribution in [0.2, 0.25) is 0 Å². The van der Waals surface area contributed by atoms with Gasteiger partial charge >= 0.3 is 0 Å². The molecule has 0 N–H and O–H groups in total. The van der Waals surface area contributed by atoms with Crippen LogP contribution in [0.4, 0.5) is 0 Å². The predicted molar refractivity (Wildman–Crippen MR) is 119 cm³/mol. The molecule has 0 amide bonds. The van der Waals surface area contributed by atoms with Crippen LogP contribution >= 0.6 is 0 Å². The molecule has 6 rings (SSSR count). The quantitative estimate of drug-likeness (QED) is 0.185. The summed E-state index contributed by atoms with van der Waals surface area (Å²) in [5.41, 5.74) is 8.01. The highest BCUT2D eigenvalue weighted by molar-refractivity contribution is 6.25. The van der Waals surface area contributed by atoms with Crippen LogP contribution in [0.3, 0.4) is 0 Å². The lowest BCUT2D eigenvalue weighted by Gasteiger charge is -2.12. The van der Waals surface area contributed by atoms with E-state index in [-0.39, 0.29) is 0 Å². The number of fused-ring (bicyclic) bond motifs is 5. The van der Waals surface area contributed by atoms with E-state index in [0.717, 1.165) is 0 Å². The summed E-state index contributed by atoms with van der Waals surface area (Å²) >= 11 is 0. The number of hydrogen-bond acceptors (Lipinski definition) is 0. The summed E-state index contributed by atoms with van der Waals surface area (Å²) in [4.78, 5) is 0. The molecular formula is C26H23N2+. The molecule has 28 heavy (non-hydrogen) atoms. The largest absolute Gasteiger partial charge is 0.307 e. The first-order valence-corrected chi connectivity index (χ1v) is 10.1. The van der Waals surface area contributed by atoms with Crippen LogP contribution in [0.15, 0.2) is 60.8 Å². The monoisotopic (exact) mass is 363 g/mol. The van der Waals surface area contributed by atoms with Crippen molar-refractivity contribution in [2.45, 2.75) is 26.7 Å². The summed E-state index contributed by atoms with van der Waals surface area (Å²) in [5.74, 6) is 0.515. The van der Waals surface area contributed by atoms with Crippen molar-refractivity contribution < 1.29 is 4.57 Å². The Kier molecular flexibility index (Phi) is 2.97. The highest BCUT2D eigenvalue weighted by Crippen LogP contribution is 2.40. The maximum atomic E-state index is 2.51. The van der Waals surface area contributed by atoms with Crippen molar-refractivity contribution in [3.8, 4) is 0 Å². The second kappa shape index (κ2) is 5.23.